The second-order valence-corrected chi connectivity index (χ2v) is 7.60. The number of furan rings is 1. The fraction of sp³-hybridized carbons (Fsp3) is 0. The number of benzene rings is 2. The molecule has 0 aliphatic carbocycles. The zero-order valence-corrected chi connectivity index (χ0v) is 13.0. The summed E-state index contributed by atoms with van der Waals surface area (Å²) in [6, 6.07) is 9.66. The highest BCUT2D eigenvalue weighted by atomic mass is 32.2. The van der Waals surface area contributed by atoms with Crippen LogP contribution in [0.3, 0.4) is 0 Å². The van der Waals surface area contributed by atoms with Gasteiger partial charge < -0.3 is 4.42 Å². The van der Waals surface area contributed by atoms with Gasteiger partial charge in [0.1, 0.15) is 10.7 Å². The molecule has 1 aromatic heterocycles. The van der Waals surface area contributed by atoms with E-state index in [0.717, 1.165) is 6.07 Å². The lowest BCUT2D eigenvalue weighted by molar-refractivity contribution is 0.482. The molecule has 0 aliphatic heterocycles. The van der Waals surface area contributed by atoms with Crippen LogP contribution in [0.4, 0.5) is 0 Å². The summed E-state index contributed by atoms with van der Waals surface area (Å²) in [6.45, 7) is 0. The first-order valence-corrected chi connectivity index (χ1v) is 9.11. The molecule has 9 heteroatoms. The molecule has 0 atom stereocenters. The van der Waals surface area contributed by atoms with Gasteiger partial charge in [0.15, 0.2) is 0 Å². The van der Waals surface area contributed by atoms with Crippen LogP contribution in [0.5, 0.6) is 0 Å². The summed E-state index contributed by atoms with van der Waals surface area (Å²) >= 11 is 0. The number of hydrogen-bond donors (Lipinski definition) is 2. The number of rotatable bonds is 3. The minimum absolute atomic E-state index is 0.121. The van der Waals surface area contributed by atoms with E-state index < -0.39 is 30.0 Å². The van der Waals surface area contributed by atoms with Gasteiger partial charge in [-0.15, -0.1) is 0 Å². The van der Waals surface area contributed by atoms with Crippen molar-refractivity contribution in [2.75, 3.05) is 0 Å². The number of fused-ring (bicyclic) bond motifs is 1. The standard InChI is InChI=1S/C14H10O7S2/c15-22(16,17)11-7-10-6-9(13-2-1-5-21-13)3-4-12(10)14(8-11)23(18,19)20/h1-8H,(H,15,16,17)(H,18,19,20). The largest absolute Gasteiger partial charge is 0.464 e. The van der Waals surface area contributed by atoms with Crippen molar-refractivity contribution in [1.29, 1.82) is 0 Å². The fourth-order valence-corrected chi connectivity index (χ4v) is 3.62. The summed E-state index contributed by atoms with van der Waals surface area (Å²) in [5, 5.41) is 0.330. The lowest BCUT2D eigenvalue weighted by atomic mass is 10.1. The zero-order chi connectivity index (χ0) is 16.8. The summed E-state index contributed by atoms with van der Waals surface area (Å²) in [5.74, 6) is 0.498. The first-order valence-electron chi connectivity index (χ1n) is 6.23. The Balaban J connectivity index is 2.39. The third-order valence-electron chi connectivity index (χ3n) is 3.27. The molecule has 23 heavy (non-hydrogen) atoms. The van der Waals surface area contributed by atoms with Gasteiger partial charge >= 0.3 is 0 Å². The molecule has 7 nitrogen and oxygen atoms in total. The third-order valence-corrected chi connectivity index (χ3v) is 4.99. The van der Waals surface area contributed by atoms with Crippen LogP contribution in [-0.4, -0.2) is 25.9 Å². The second-order valence-electron chi connectivity index (χ2n) is 4.78. The van der Waals surface area contributed by atoms with Crippen molar-refractivity contribution in [3.05, 3.63) is 48.7 Å². The van der Waals surface area contributed by atoms with Crippen molar-refractivity contribution in [3.8, 4) is 11.3 Å². The van der Waals surface area contributed by atoms with Crippen LogP contribution in [0.25, 0.3) is 22.1 Å². The molecular weight excluding hydrogens is 344 g/mol. The van der Waals surface area contributed by atoms with E-state index in [0.29, 0.717) is 17.4 Å². The molecule has 0 spiro atoms. The van der Waals surface area contributed by atoms with Crippen LogP contribution in [0.2, 0.25) is 0 Å². The van der Waals surface area contributed by atoms with Crippen LogP contribution >= 0.6 is 0 Å². The molecule has 0 saturated heterocycles. The molecule has 120 valence electrons. The summed E-state index contributed by atoms with van der Waals surface area (Å²) in [7, 11) is -9.32. The Hall–Kier alpha value is -2.20. The monoisotopic (exact) mass is 354 g/mol. The van der Waals surface area contributed by atoms with Gasteiger partial charge in [-0.3, -0.25) is 9.11 Å². The molecular formula is C14H10O7S2. The van der Waals surface area contributed by atoms with Crippen molar-refractivity contribution >= 4 is 31.0 Å². The predicted octanol–water partition coefficient (Wildman–Crippen LogP) is 2.59. The van der Waals surface area contributed by atoms with Gasteiger partial charge in [0.2, 0.25) is 0 Å². The highest BCUT2D eigenvalue weighted by molar-refractivity contribution is 7.86. The molecule has 3 rings (SSSR count). The van der Waals surface area contributed by atoms with Gasteiger partial charge in [-0.05, 0) is 35.7 Å². The molecule has 2 aromatic carbocycles. The molecule has 0 aliphatic rings. The van der Waals surface area contributed by atoms with Gasteiger partial charge in [-0.1, -0.05) is 12.1 Å². The Labute approximate surface area is 131 Å². The van der Waals surface area contributed by atoms with Gasteiger partial charge in [-0.2, -0.15) is 16.8 Å². The quantitative estimate of drug-likeness (QED) is 0.693. The minimum Gasteiger partial charge on any atom is -0.464 e. The van der Waals surface area contributed by atoms with Gasteiger partial charge in [0, 0.05) is 10.9 Å². The maximum atomic E-state index is 11.5. The Morgan fingerprint density at radius 2 is 1.61 bits per heavy atom. The normalized spacial score (nSPS) is 12.6. The molecule has 0 bridgehead atoms. The van der Waals surface area contributed by atoms with E-state index in [4.69, 9.17) is 8.97 Å². The molecule has 0 fully saturated rings. The van der Waals surface area contributed by atoms with Crippen molar-refractivity contribution < 1.29 is 30.4 Å². The van der Waals surface area contributed by atoms with Crippen LogP contribution in [0, 0.1) is 0 Å². The van der Waals surface area contributed by atoms with Crippen LogP contribution in [0.15, 0.2) is 62.9 Å². The maximum Gasteiger partial charge on any atom is 0.295 e. The Morgan fingerprint density at radius 3 is 2.17 bits per heavy atom. The lowest BCUT2D eigenvalue weighted by Crippen LogP contribution is -2.04. The van der Waals surface area contributed by atoms with Gasteiger partial charge in [0.25, 0.3) is 20.2 Å². The molecule has 0 unspecified atom stereocenters. The van der Waals surface area contributed by atoms with Gasteiger partial charge in [0.05, 0.1) is 11.2 Å². The maximum absolute atomic E-state index is 11.5. The predicted molar refractivity (Wildman–Crippen MR) is 81.3 cm³/mol. The Kier molecular flexibility index (Phi) is 3.52. The van der Waals surface area contributed by atoms with Crippen LogP contribution in [-0.2, 0) is 20.2 Å². The van der Waals surface area contributed by atoms with Gasteiger partial charge in [-0.25, -0.2) is 0 Å². The molecule has 0 amide bonds. The Bertz CT molecular complexity index is 1100. The third kappa shape index (κ3) is 2.99. The van der Waals surface area contributed by atoms with E-state index in [2.05, 4.69) is 0 Å². The smallest absolute Gasteiger partial charge is 0.295 e. The number of hydrogen-bond acceptors (Lipinski definition) is 5. The van der Waals surface area contributed by atoms with E-state index >= 15 is 0 Å². The first-order chi connectivity index (χ1) is 10.7. The van der Waals surface area contributed by atoms with Crippen molar-refractivity contribution in [3.63, 3.8) is 0 Å². The molecule has 3 aromatic rings. The zero-order valence-electron chi connectivity index (χ0n) is 11.4. The van der Waals surface area contributed by atoms with E-state index in [9.17, 15) is 21.4 Å². The average molecular weight is 354 g/mol. The SMILES string of the molecule is O=S(=O)(O)c1cc(S(=O)(=O)O)c2ccc(-c3ccco3)cc2c1. The summed E-state index contributed by atoms with van der Waals surface area (Å²) in [5.41, 5.74) is 0.580. The van der Waals surface area contributed by atoms with E-state index in [-0.39, 0.29) is 10.8 Å². The van der Waals surface area contributed by atoms with Crippen LogP contribution in [0.1, 0.15) is 0 Å². The molecule has 2 N–H and O–H groups in total. The topological polar surface area (TPSA) is 122 Å². The average Bonchev–Trinajstić information content (AvgIpc) is 2.97. The van der Waals surface area contributed by atoms with Crippen molar-refractivity contribution in [2.24, 2.45) is 0 Å². The minimum atomic E-state index is -4.68. The lowest BCUT2D eigenvalue weighted by Gasteiger charge is -2.08. The van der Waals surface area contributed by atoms with E-state index in [1.165, 1.54) is 18.4 Å². The highest BCUT2D eigenvalue weighted by Gasteiger charge is 2.20. The fourth-order valence-electron chi connectivity index (χ4n) is 2.27. The van der Waals surface area contributed by atoms with Crippen molar-refractivity contribution in [2.45, 2.75) is 9.79 Å². The molecule has 0 radical (unpaired) electrons. The summed E-state index contributed by atoms with van der Waals surface area (Å²) < 4.78 is 69.4. The van der Waals surface area contributed by atoms with E-state index in [1.54, 1.807) is 18.2 Å². The molecule has 0 saturated carbocycles. The van der Waals surface area contributed by atoms with Crippen molar-refractivity contribution in [1.82, 2.24) is 0 Å². The van der Waals surface area contributed by atoms with E-state index in [1.807, 2.05) is 0 Å². The van der Waals surface area contributed by atoms with Crippen LogP contribution < -0.4 is 0 Å². The summed E-state index contributed by atoms with van der Waals surface area (Å²) in [6.07, 6.45) is 1.46. The molecule has 1 heterocycles. The Morgan fingerprint density at radius 1 is 0.870 bits per heavy atom. The second kappa shape index (κ2) is 5.17. The highest BCUT2D eigenvalue weighted by Crippen LogP contribution is 2.31. The summed E-state index contributed by atoms with van der Waals surface area (Å²) in [4.78, 5) is -1.23. The first kappa shape index (κ1) is 15.7.